The summed E-state index contributed by atoms with van der Waals surface area (Å²) in [6, 6.07) is 9.93. The number of rotatable bonds is 3. The lowest BCUT2D eigenvalue weighted by Crippen LogP contribution is -2.23. The first kappa shape index (κ1) is 11.7. The van der Waals surface area contributed by atoms with Gasteiger partial charge in [0, 0.05) is 5.92 Å². The number of hydrogen-bond donors (Lipinski definition) is 0. The van der Waals surface area contributed by atoms with Crippen LogP contribution in [0.1, 0.15) is 30.0 Å². The molecule has 4 heteroatoms. The normalized spacial score (nSPS) is 14.7. The van der Waals surface area contributed by atoms with Gasteiger partial charge in [0.05, 0.1) is 18.6 Å². The molecule has 0 radical (unpaired) electrons. The molecular weight excluding hydrogens is 292 g/mol. The summed E-state index contributed by atoms with van der Waals surface area (Å²) >= 11 is 3.39. The van der Waals surface area contributed by atoms with Gasteiger partial charge in [0.1, 0.15) is 4.47 Å². The van der Waals surface area contributed by atoms with Crippen molar-refractivity contribution < 1.29 is 0 Å². The number of benzene rings is 1. The summed E-state index contributed by atoms with van der Waals surface area (Å²) in [6.07, 6.45) is 3.95. The van der Waals surface area contributed by atoms with E-state index in [4.69, 9.17) is 0 Å². The molecular formula is C14H13BrN2O. The van der Waals surface area contributed by atoms with Crippen LogP contribution < -0.4 is 5.56 Å². The van der Waals surface area contributed by atoms with E-state index in [2.05, 4.69) is 20.9 Å². The monoisotopic (exact) mass is 304 g/mol. The van der Waals surface area contributed by atoms with E-state index in [1.54, 1.807) is 10.9 Å². The summed E-state index contributed by atoms with van der Waals surface area (Å²) in [5, 5.41) is 0. The third kappa shape index (κ3) is 2.25. The summed E-state index contributed by atoms with van der Waals surface area (Å²) < 4.78 is 2.27. The second kappa shape index (κ2) is 4.69. The molecule has 1 fully saturated rings. The van der Waals surface area contributed by atoms with Crippen LogP contribution in [0.5, 0.6) is 0 Å². The average molecular weight is 305 g/mol. The van der Waals surface area contributed by atoms with Crippen molar-refractivity contribution in [1.29, 1.82) is 0 Å². The summed E-state index contributed by atoms with van der Waals surface area (Å²) in [7, 11) is 0. The highest BCUT2D eigenvalue weighted by atomic mass is 79.9. The third-order valence-electron chi connectivity index (χ3n) is 3.17. The Kier molecular flexibility index (Phi) is 3.04. The summed E-state index contributed by atoms with van der Waals surface area (Å²) in [5.74, 6) is 0.485. The van der Waals surface area contributed by atoms with Gasteiger partial charge in [-0.15, -0.1) is 0 Å². The third-order valence-corrected chi connectivity index (χ3v) is 3.91. The smallest absolute Gasteiger partial charge is 0.268 e. The molecule has 1 aliphatic carbocycles. The Balaban J connectivity index is 1.94. The van der Waals surface area contributed by atoms with E-state index in [9.17, 15) is 4.79 Å². The Morgan fingerprint density at radius 1 is 1.28 bits per heavy atom. The SMILES string of the molecule is O=c1c(Br)c(C2CC2)ncn1Cc1ccccc1. The predicted molar refractivity (Wildman–Crippen MR) is 73.7 cm³/mol. The number of hydrogen-bond acceptors (Lipinski definition) is 2. The largest absolute Gasteiger partial charge is 0.294 e. The van der Waals surface area contributed by atoms with Crippen LogP contribution in [-0.4, -0.2) is 9.55 Å². The van der Waals surface area contributed by atoms with Crippen molar-refractivity contribution in [2.45, 2.75) is 25.3 Å². The Morgan fingerprint density at radius 3 is 2.67 bits per heavy atom. The molecule has 0 N–H and O–H groups in total. The Morgan fingerprint density at radius 2 is 2.00 bits per heavy atom. The molecule has 1 aliphatic rings. The molecule has 2 aromatic rings. The van der Waals surface area contributed by atoms with E-state index in [1.165, 1.54) is 0 Å². The van der Waals surface area contributed by atoms with Gasteiger partial charge in [-0.2, -0.15) is 0 Å². The second-order valence-corrected chi connectivity index (χ2v) is 5.43. The molecule has 3 nitrogen and oxygen atoms in total. The molecule has 1 heterocycles. The van der Waals surface area contributed by atoms with Crippen molar-refractivity contribution in [3.8, 4) is 0 Å². The molecule has 0 saturated heterocycles. The molecule has 0 aliphatic heterocycles. The lowest BCUT2D eigenvalue weighted by molar-refractivity contribution is 0.717. The van der Waals surface area contributed by atoms with E-state index in [-0.39, 0.29) is 5.56 Å². The number of nitrogens with zero attached hydrogens (tertiary/aromatic N) is 2. The highest BCUT2D eigenvalue weighted by Gasteiger charge is 2.28. The van der Waals surface area contributed by atoms with Crippen molar-refractivity contribution in [3.63, 3.8) is 0 Å². The Bertz CT molecular complexity index is 617. The first-order valence-electron chi connectivity index (χ1n) is 6.04. The zero-order valence-corrected chi connectivity index (χ0v) is 11.4. The Labute approximate surface area is 114 Å². The quantitative estimate of drug-likeness (QED) is 0.874. The fraction of sp³-hybridized carbons (Fsp3) is 0.286. The second-order valence-electron chi connectivity index (χ2n) is 4.64. The maximum atomic E-state index is 12.2. The molecule has 0 unspecified atom stereocenters. The van der Waals surface area contributed by atoms with Crippen LogP contribution in [0.2, 0.25) is 0 Å². The standard InChI is InChI=1S/C14H13BrN2O/c15-12-13(11-6-7-11)16-9-17(14(12)18)8-10-4-2-1-3-5-10/h1-5,9,11H,6-8H2. The average Bonchev–Trinajstić information content (AvgIpc) is 3.21. The molecule has 0 amide bonds. The van der Waals surface area contributed by atoms with Crippen molar-refractivity contribution in [2.24, 2.45) is 0 Å². The number of aromatic nitrogens is 2. The van der Waals surface area contributed by atoms with Gasteiger partial charge in [-0.25, -0.2) is 4.98 Å². The van der Waals surface area contributed by atoms with Crippen molar-refractivity contribution in [3.05, 3.63) is 62.7 Å². The first-order chi connectivity index (χ1) is 8.75. The van der Waals surface area contributed by atoms with Gasteiger partial charge in [0.25, 0.3) is 5.56 Å². The lowest BCUT2D eigenvalue weighted by Gasteiger charge is -2.08. The van der Waals surface area contributed by atoms with Crippen molar-refractivity contribution >= 4 is 15.9 Å². The van der Waals surface area contributed by atoms with Crippen molar-refractivity contribution in [1.82, 2.24) is 9.55 Å². The molecule has 92 valence electrons. The van der Waals surface area contributed by atoms with Gasteiger partial charge in [-0.3, -0.25) is 9.36 Å². The van der Waals surface area contributed by atoms with Crippen LogP contribution in [0, 0.1) is 0 Å². The fourth-order valence-electron chi connectivity index (χ4n) is 2.01. The zero-order valence-electron chi connectivity index (χ0n) is 9.84. The topological polar surface area (TPSA) is 34.9 Å². The molecule has 18 heavy (non-hydrogen) atoms. The van der Waals surface area contributed by atoms with E-state index >= 15 is 0 Å². The van der Waals surface area contributed by atoms with Gasteiger partial charge in [-0.05, 0) is 34.3 Å². The summed E-state index contributed by atoms with van der Waals surface area (Å²) in [4.78, 5) is 16.6. The fourth-order valence-corrected chi connectivity index (χ4v) is 2.66. The zero-order chi connectivity index (χ0) is 12.5. The molecule has 1 saturated carbocycles. The molecule has 0 spiro atoms. The molecule has 1 aromatic carbocycles. The minimum absolute atomic E-state index is 0.00996. The van der Waals surface area contributed by atoms with Crippen LogP contribution in [0.4, 0.5) is 0 Å². The predicted octanol–water partition coefficient (Wildman–Crippen LogP) is 2.93. The van der Waals surface area contributed by atoms with Gasteiger partial charge in [0.15, 0.2) is 0 Å². The maximum absolute atomic E-state index is 12.2. The van der Waals surface area contributed by atoms with E-state index < -0.39 is 0 Å². The van der Waals surface area contributed by atoms with Crippen LogP contribution in [-0.2, 0) is 6.54 Å². The summed E-state index contributed by atoms with van der Waals surface area (Å²) in [6.45, 7) is 0.566. The number of halogens is 1. The Hall–Kier alpha value is -1.42. The van der Waals surface area contributed by atoms with Crippen LogP contribution in [0.15, 0.2) is 45.9 Å². The van der Waals surface area contributed by atoms with Crippen LogP contribution >= 0.6 is 15.9 Å². The minimum atomic E-state index is 0.00996. The van der Waals surface area contributed by atoms with Gasteiger partial charge >= 0.3 is 0 Å². The van der Waals surface area contributed by atoms with Crippen LogP contribution in [0.3, 0.4) is 0 Å². The molecule has 0 bridgehead atoms. The summed E-state index contributed by atoms with van der Waals surface area (Å²) in [5.41, 5.74) is 2.03. The van der Waals surface area contributed by atoms with E-state index in [0.717, 1.165) is 24.1 Å². The van der Waals surface area contributed by atoms with Gasteiger partial charge in [-0.1, -0.05) is 30.3 Å². The highest BCUT2D eigenvalue weighted by molar-refractivity contribution is 9.10. The minimum Gasteiger partial charge on any atom is -0.294 e. The maximum Gasteiger partial charge on any atom is 0.268 e. The lowest BCUT2D eigenvalue weighted by atomic mass is 10.2. The van der Waals surface area contributed by atoms with E-state index in [1.807, 2.05) is 30.3 Å². The molecule has 1 aromatic heterocycles. The van der Waals surface area contributed by atoms with Gasteiger partial charge in [0.2, 0.25) is 0 Å². The van der Waals surface area contributed by atoms with Crippen molar-refractivity contribution in [2.75, 3.05) is 0 Å². The first-order valence-corrected chi connectivity index (χ1v) is 6.84. The van der Waals surface area contributed by atoms with E-state index in [0.29, 0.717) is 16.9 Å². The highest BCUT2D eigenvalue weighted by Crippen LogP contribution is 2.40. The molecule has 0 atom stereocenters. The molecule has 3 rings (SSSR count). The van der Waals surface area contributed by atoms with Gasteiger partial charge < -0.3 is 0 Å². The van der Waals surface area contributed by atoms with Crippen LogP contribution in [0.25, 0.3) is 0 Å².